The number of nitrogens with zero attached hydrogens (tertiary/aromatic N) is 3. The number of carbonyl (C=O) groups is 3. The SMILES string of the molecule is N=C(NCCCCc1ccc(-c2ccc(CCCNC(=O)C(CCCCN(CC(O)C(O)C(O)C(O)CO)CC(O)C(O)C(O)C(O)CO)NC(=O)O)cc2)cc1)NC(=O)c1nc(Cl)c(N)nc1N. The molecule has 0 radical (unpaired) electrons. The molecule has 1 aromatic heterocycles. The Balaban J connectivity index is 1.42. The monoisotopic (exact) mass is 994 g/mol. The Kier molecular flexibility index (Phi) is 24.9. The smallest absolute Gasteiger partial charge is 0.405 e. The summed E-state index contributed by atoms with van der Waals surface area (Å²) in [4.78, 5) is 45.9. The Morgan fingerprint density at radius 2 is 1.14 bits per heavy atom. The Bertz CT molecular complexity index is 2030. The molecule has 0 spiro atoms. The minimum Gasteiger partial charge on any atom is -0.465 e. The van der Waals surface area contributed by atoms with Gasteiger partial charge in [-0.1, -0.05) is 60.1 Å². The van der Waals surface area contributed by atoms with Crippen LogP contribution in [-0.2, 0) is 17.6 Å². The van der Waals surface area contributed by atoms with E-state index in [1.54, 1.807) is 0 Å². The fourth-order valence-corrected chi connectivity index (χ4v) is 7.21. The molecule has 24 nitrogen and oxygen atoms in total. The van der Waals surface area contributed by atoms with E-state index in [1.165, 1.54) is 4.90 Å². The normalized spacial score (nSPS) is 15.5. The number of carboxylic acid groups (broad SMARTS) is 1. The van der Waals surface area contributed by atoms with E-state index >= 15 is 0 Å². The maximum atomic E-state index is 13.1. The van der Waals surface area contributed by atoms with Crippen LogP contribution in [0.3, 0.4) is 0 Å². The Hall–Kier alpha value is -5.35. The first-order chi connectivity index (χ1) is 32.7. The largest absolute Gasteiger partial charge is 0.465 e. The van der Waals surface area contributed by atoms with Gasteiger partial charge in [-0.2, -0.15) is 0 Å². The average molecular weight is 996 g/mol. The molecular formula is C44H67ClN10O14. The van der Waals surface area contributed by atoms with E-state index in [4.69, 9.17) is 38.7 Å². The minimum atomic E-state index is -1.95. The van der Waals surface area contributed by atoms with Crippen molar-refractivity contribution in [3.8, 4) is 11.1 Å². The number of rotatable bonds is 30. The average Bonchev–Trinajstić information content (AvgIpc) is 3.33. The maximum absolute atomic E-state index is 13.1. The third-order valence-electron chi connectivity index (χ3n) is 11.1. The van der Waals surface area contributed by atoms with Crippen molar-refractivity contribution in [1.82, 2.24) is 36.1 Å². The second-order valence-electron chi connectivity index (χ2n) is 16.5. The number of aliphatic hydroxyl groups is 10. The Morgan fingerprint density at radius 3 is 1.65 bits per heavy atom. The molecule has 20 N–H and O–H groups in total. The number of guanidine groups is 1. The molecule has 0 aliphatic rings. The van der Waals surface area contributed by atoms with Crippen LogP contribution < -0.4 is 32.7 Å². The van der Waals surface area contributed by atoms with Crippen molar-refractivity contribution >= 4 is 47.1 Å². The number of benzene rings is 2. The van der Waals surface area contributed by atoms with E-state index in [1.807, 2.05) is 36.4 Å². The molecule has 9 unspecified atom stereocenters. The summed E-state index contributed by atoms with van der Waals surface area (Å²) in [6, 6.07) is 15.0. The number of aromatic nitrogens is 2. The molecule has 9 atom stereocenters. The predicted octanol–water partition coefficient (Wildman–Crippen LogP) is -2.73. The highest BCUT2D eigenvalue weighted by atomic mass is 35.5. The van der Waals surface area contributed by atoms with Crippen LogP contribution in [0.15, 0.2) is 48.5 Å². The zero-order valence-corrected chi connectivity index (χ0v) is 38.7. The summed E-state index contributed by atoms with van der Waals surface area (Å²) in [5.41, 5.74) is 15.2. The van der Waals surface area contributed by atoms with Gasteiger partial charge in [-0.05, 0) is 80.2 Å². The summed E-state index contributed by atoms with van der Waals surface area (Å²) in [6.07, 6.45) is -12.3. The molecule has 0 saturated carbocycles. The van der Waals surface area contributed by atoms with Crippen molar-refractivity contribution in [3.05, 3.63) is 70.5 Å². The fourth-order valence-electron chi connectivity index (χ4n) is 7.08. The van der Waals surface area contributed by atoms with Crippen LogP contribution in [-0.4, -0.2) is 196 Å². The third-order valence-corrected chi connectivity index (χ3v) is 11.4. The van der Waals surface area contributed by atoms with Crippen LogP contribution in [0.5, 0.6) is 0 Å². The number of halogens is 1. The van der Waals surface area contributed by atoms with Crippen molar-refractivity contribution < 1.29 is 70.6 Å². The van der Waals surface area contributed by atoms with E-state index < -0.39 is 99.1 Å². The van der Waals surface area contributed by atoms with Crippen LogP contribution in [0, 0.1) is 5.41 Å². The van der Waals surface area contributed by atoms with E-state index in [2.05, 4.69) is 43.4 Å². The van der Waals surface area contributed by atoms with Gasteiger partial charge in [0.05, 0.1) is 25.4 Å². The first kappa shape index (κ1) is 58.0. The molecule has 3 amide bonds. The number of aryl methyl sites for hydroxylation is 2. The topological polar surface area (TPSA) is 427 Å². The van der Waals surface area contributed by atoms with Gasteiger partial charge in [0.15, 0.2) is 28.4 Å². The van der Waals surface area contributed by atoms with Gasteiger partial charge in [-0.15, -0.1) is 0 Å². The number of unbranched alkanes of at least 4 members (excludes halogenated alkanes) is 2. The standard InChI is InChI=1S/C44H67ClN10O14/c45-38-40(47)53-39(46)33(52-38)42(67)54-43(48)50-17-3-1-6-24-9-13-26(14-10-24)27-15-11-25(12-16-27)7-5-18-49-41(66)28(51-44(68)69)8-2-4-19-55(20-29(58)34(62)36(64)31(60)22-56)21-30(59)35(63)37(65)32(61)23-57/h9-16,28-32,34-37,51,56-65H,1-8,17-23H2,(H,49,66)(H,68,69)(H4,46,47,53)(H3,48,50,54,67). The minimum absolute atomic E-state index is 0.00790. The molecule has 0 saturated heterocycles. The second-order valence-corrected chi connectivity index (χ2v) is 16.8. The number of hydrogen-bond acceptors (Lipinski definition) is 19. The second kappa shape index (κ2) is 29.6. The van der Waals surface area contributed by atoms with Crippen LogP contribution in [0.25, 0.3) is 11.1 Å². The number of amides is 3. The van der Waals surface area contributed by atoms with Gasteiger partial charge in [0.25, 0.3) is 5.91 Å². The van der Waals surface area contributed by atoms with Crippen molar-refractivity contribution in [2.75, 3.05) is 57.4 Å². The molecular weight excluding hydrogens is 928 g/mol. The van der Waals surface area contributed by atoms with Crippen molar-refractivity contribution in [2.45, 2.75) is 106 Å². The first-order valence-electron chi connectivity index (χ1n) is 22.3. The van der Waals surface area contributed by atoms with Crippen molar-refractivity contribution in [2.24, 2.45) is 0 Å². The zero-order chi connectivity index (χ0) is 51.2. The highest BCUT2D eigenvalue weighted by molar-refractivity contribution is 6.31. The lowest BCUT2D eigenvalue weighted by molar-refractivity contribution is -0.130. The van der Waals surface area contributed by atoms with Crippen LogP contribution in [0.2, 0.25) is 5.15 Å². The molecule has 384 valence electrons. The van der Waals surface area contributed by atoms with E-state index in [0.717, 1.165) is 41.5 Å². The molecule has 2 aromatic carbocycles. The van der Waals surface area contributed by atoms with Gasteiger partial charge in [-0.25, -0.2) is 14.8 Å². The molecule has 0 bridgehead atoms. The Labute approximate surface area is 403 Å². The predicted molar refractivity (Wildman–Crippen MR) is 253 cm³/mol. The third kappa shape index (κ3) is 19.5. The fraction of sp³-hybridized carbons (Fsp3) is 0.545. The van der Waals surface area contributed by atoms with Gasteiger partial charge < -0.3 is 83.6 Å². The summed E-state index contributed by atoms with van der Waals surface area (Å²) in [5, 5.41) is 127. The number of carbonyl (C=O) groups excluding carboxylic acids is 2. The number of aliphatic hydroxyl groups excluding tert-OH is 10. The lowest BCUT2D eigenvalue weighted by Gasteiger charge is -2.33. The number of anilines is 2. The molecule has 69 heavy (non-hydrogen) atoms. The summed E-state index contributed by atoms with van der Waals surface area (Å²) in [6.45, 7) is -2.05. The number of nitrogens with one attached hydrogen (secondary N) is 5. The van der Waals surface area contributed by atoms with Crippen molar-refractivity contribution in [1.29, 1.82) is 5.41 Å². The van der Waals surface area contributed by atoms with E-state index in [-0.39, 0.29) is 60.8 Å². The number of nitrogen functional groups attached to an aromatic ring is 2. The van der Waals surface area contributed by atoms with Gasteiger partial charge in [0.2, 0.25) is 5.91 Å². The highest BCUT2D eigenvalue weighted by Crippen LogP contribution is 2.22. The van der Waals surface area contributed by atoms with Crippen LogP contribution >= 0.6 is 11.6 Å². The molecule has 0 fully saturated rings. The van der Waals surface area contributed by atoms with Gasteiger partial charge >= 0.3 is 6.09 Å². The van der Waals surface area contributed by atoms with Crippen molar-refractivity contribution in [3.63, 3.8) is 0 Å². The number of hydrogen-bond donors (Lipinski definition) is 18. The maximum Gasteiger partial charge on any atom is 0.405 e. The van der Waals surface area contributed by atoms with E-state index in [9.17, 15) is 60.3 Å². The molecule has 0 aliphatic carbocycles. The highest BCUT2D eigenvalue weighted by Gasteiger charge is 2.34. The summed E-state index contributed by atoms with van der Waals surface area (Å²) < 4.78 is 0. The summed E-state index contributed by atoms with van der Waals surface area (Å²) >= 11 is 5.82. The number of nitrogens with two attached hydrogens (primary N) is 2. The summed E-state index contributed by atoms with van der Waals surface area (Å²) in [7, 11) is 0. The van der Waals surface area contributed by atoms with Crippen LogP contribution in [0.1, 0.15) is 60.1 Å². The van der Waals surface area contributed by atoms with Crippen LogP contribution in [0.4, 0.5) is 16.4 Å². The Morgan fingerprint density at radius 1 is 0.652 bits per heavy atom. The quantitative estimate of drug-likeness (QED) is 0.0183. The molecule has 0 aliphatic heterocycles. The molecule has 3 aromatic rings. The first-order valence-corrected chi connectivity index (χ1v) is 22.7. The zero-order valence-electron chi connectivity index (χ0n) is 37.9. The molecule has 25 heteroatoms. The van der Waals surface area contributed by atoms with Gasteiger partial charge in [0.1, 0.15) is 42.7 Å². The van der Waals surface area contributed by atoms with E-state index in [0.29, 0.717) is 19.4 Å². The van der Waals surface area contributed by atoms with Gasteiger partial charge in [0, 0.05) is 26.2 Å². The summed E-state index contributed by atoms with van der Waals surface area (Å²) in [5.74, 6) is -1.83. The lowest BCUT2D eigenvalue weighted by atomic mass is 9.99. The van der Waals surface area contributed by atoms with Gasteiger partial charge in [-0.3, -0.25) is 25.2 Å². The molecule has 3 rings (SSSR count). The molecule has 1 heterocycles. The lowest BCUT2D eigenvalue weighted by Crippen LogP contribution is -2.53.